The molecule has 0 saturated heterocycles. The third kappa shape index (κ3) is 2.24. The highest BCUT2D eigenvalue weighted by atomic mass is 35.5. The van der Waals surface area contributed by atoms with Crippen molar-refractivity contribution in [3.63, 3.8) is 0 Å². The Balaban J connectivity index is 2.31. The van der Waals surface area contributed by atoms with E-state index < -0.39 is 0 Å². The van der Waals surface area contributed by atoms with Gasteiger partial charge in [0.05, 0.1) is 11.9 Å². The van der Waals surface area contributed by atoms with E-state index in [1.807, 2.05) is 7.05 Å². The quantitative estimate of drug-likeness (QED) is 0.890. The molecule has 0 bridgehead atoms. The molecule has 0 aliphatic heterocycles. The van der Waals surface area contributed by atoms with Gasteiger partial charge in [-0.25, -0.2) is 4.68 Å². The fourth-order valence-electron chi connectivity index (χ4n) is 2.73. The third-order valence-electron chi connectivity index (χ3n) is 3.86. The summed E-state index contributed by atoms with van der Waals surface area (Å²) in [5, 5.41) is 4.26. The monoisotopic (exact) mass is 270 g/mol. The van der Waals surface area contributed by atoms with E-state index in [1.165, 1.54) is 11.1 Å². The van der Waals surface area contributed by atoms with Crippen LogP contribution in [-0.2, 0) is 7.05 Å². The molecule has 18 heavy (non-hydrogen) atoms. The molecule has 2 unspecified atom stereocenters. The van der Waals surface area contributed by atoms with Gasteiger partial charge in [-0.05, 0) is 25.3 Å². The van der Waals surface area contributed by atoms with E-state index in [0.717, 1.165) is 12.8 Å². The second kappa shape index (κ2) is 5.28. The summed E-state index contributed by atoms with van der Waals surface area (Å²) in [7, 11) is 3.55. The lowest BCUT2D eigenvalue weighted by Crippen LogP contribution is -2.39. The van der Waals surface area contributed by atoms with Crippen molar-refractivity contribution in [3.05, 3.63) is 21.6 Å². The second-order valence-corrected chi connectivity index (χ2v) is 5.26. The number of hydrogen-bond acceptors (Lipinski definition) is 4. The average molecular weight is 271 g/mol. The maximum atomic E-state index is 11.8. The number of hydrogen-bond donors (Lipinski definition) is 1. The molecule has 2 N–H and O–H groups in total. The predicted octanol–water partition coefficient (Wildman–Crippen LogP) is 0.997. The summed E-state index contributed by atoms with van der Waals surface area (Å²) >= 11 is 6.12. The Kier molecular flexibility index (Phi) is 3.92. The van der Waals surface area contributed by atoms with Crippen molar-refractivity contribution in [2.75, 3.05) is 18.5 Å². The van der Waals surface area contributed by atoms with Gasteiger partial charge in [0.25, 0.3) is 5.56 Å². The molecule has 6 heteroatoms. The number of halogens is 1. The first-order chi connectivity index (χ1) is 8.56. The van der Waals surface area contributed by atoms with Crippen LogP contribution in [0.2, 0.25) is 5.02 Å². The van der Waals surface area contributed by atoms with Crippen LogP contribution in [0.1, 0.15) is 19.3 Å². The van der Waals surface area contributed by atoms with Crippen molar-refractivity contribution in [3.8, 4) is 0 Å². The van der Waals surface area contributed by atoms with E-state index in [1.54, 1.807) is 13.2 Å². The number of nitrogens with zero attached hydrogens (tertiary/aromatic N) is 3. The Bertz CT molecular complexity index is 487. The molecule has 1 aliphatic rings. The highest BCUT2D eigenvalue weighted by Gasteiger charge is 2.30. The zero-order chi connectivity index (χ0) is 13.3. The molecule has 1 saturated carbocycles. The number of aromatic nitrogens is 2. The molecular weight excluding hydrogens is 252 g/mol. The van der Waals surface area contributed by atoms with E-state index in [-0.39, 0.29) is 10.6 Å². The average Bonchev–Trinajstić information content (AvgIpc) is 2.83. The van der Waals surface area contributed by atoms with Gasteiger partial charge in [-0.2, -0.15) is 5.10 Å². The van der Waals surface area contributed by atoms with Gasteiger partial charge in [0, 0.05) is 20.1 Å². The smallest absolute Gasteiger partial charge is 0.287 e. The van der Waals surface area contributed by atoms with Crippen LogP contribution in [-0.4, -0.2) is 29.4 Å². The molecule has 5 nitrogen and oxygen atoms in total. The third-order valence-corrected chi connectivity index (χ3v) is 4.21. The van der Waals surface area contributed by atoms with E-state index >= 15 is 0 Å². The number of anilines is 1. The maximum absolute atomic E-state index is 11.8. The van der Waals surface area contributed by atoms with Crippen LogP contribution in [0.25, 0.3) is 0 Å². The second-order valence-electron chi connectivity index (χ2n) is 4.88. The first-order valence-electron chi connectivity index (χ1n) is 6.21. The largest absolute Gasteiger partial charge is 0.369 e. The predicted molar refractivity (Wildman–Crippen MR) is 73.1 cm³/mol. The number of nitrogens with two attached hydrogens (primary N) is 1. The topological polar surface area (TPSA) is 64.2 Å². The zero-order valence-electron chi connectivity index (χ0n) is 10.8. The Morgan fingerprint density at radius 1 is 1.61 bits per heavy atom. The lowest BCUT2D eigenvalue weighted by Gasteiger charge is -2.31. The number of aryl methyl sites for hydroxylation is 1. The normalized spacial score (nSPS) is 23.3. The summed E-state index contributed by atoms with van der Waals surface area (Å²) in [6.45, 7) is 0.672. The summed E-state index contributed by atoms with van der Waals surface area (Å²) in [4.78, 5) is 13.8. The summed E-state index contributed by atoms with van der Waals surface area (Å²) in [5.74, 6) is 0.468. The molecule has 0 spiro atoms. The van der Waals surface area contributed by atoms with E-state index in [2.05, 4.69) is 10.00 Å². The summed E-state index contributed by atoms with van der Waals surface area (Å²) in [5.41, 5.74) is 6.23. The maximum Gasteiger partial charge on any atom is 0.287 e. The van der Waals surface area contributed by atoms with Crippen molar-refractivity contribution in [1.29, 1.82) is 0 Å². The van der Waals surface area contributed by atoms with Gasteiger partial charge >= 0.3 is 0 Å². The highest BCUT2D eigenvalue weighted by Crippen LogP contribution is 2.33. The minimum atomic E-state index is -0.261. The summed E-state index contributed by atoms with van der Waals surface area (Å²) in [6, 6.07) is 0.349. The molecule has 2 atom stereocenters. The summed E-state index contributed by atoms with van der Waals surface area (Å²) in [6.07, 6.45) is 5.05. The van der Waals surface area contributed by atoms with Gasteiger partial charge < -0.3 is 10.6 Å². The Morgan fingerprint density at radius 3 is 3.00 bits per heavy atom. The molecule has 1 aromatic rings. The van der Waals surface area contributed by atoms with Crippen LogP contribution in [0.5, 0.6) is 0 Å². The van der Waals surface area contributed by atoms with Gasteiger partial charge in [0.2, 0.25) is 0 Å². The van der Waals surface area contributed by atoms with Gasteiger partial charge in [0.15, 0.2) is 0 Å². The molecule has 1 heterocycles. The summed E-state index contributed by atoms with van der Waals surface area (Å²) < 4.78 is 1.24. The standard InChI is InChI=1S/C12H19ClN4O/c1-16(9-5-3-4-8(9)6-14)10-7-15-17(2)12(18)11(10)13/h7-9H,3-6,14H2,1-2H3. The SMILES string of the molecule is CN(c1cnn(C)c(=O)c1Cl)C1CCCC1CN. The Hall–Kier alpha value is -1.07. The van der Waals surface area contributed by atoms with E-state index in [9.17, 15) is 4.79 Å². The van der Waals surface area contributed by atoms with Crippen LogP contribution >= 0.6 is 11.6 Å². The highest BCUT2D eigenvalue weighted by molar-refractivity contribution is 6.33. The zero-order valence-corrected chi connectivity index (χ0v) is 11.5. The van der Waals surface area contributed by atoms with Gasteiger partial charge in [-0.1, -0.05) is 18.0 Å². The van der Waals surface area contributed by atoms with Crippen LogP contribution in [0.4, 0.5) is 5.69 Å². The lowest BCUT2D eigenvalue weighted by atomic mass is 10.0. The minimum Gasteiger partial charge on any atom is -0.369 e. The van der Waals surface area contributed by atoms with Gasteiger partial charge in [-0.15, -0.1) is 0 Å². The minimum absolute atomic E-state index is 0.234. The van der Waals surface area contributed by atoms with Crippen LogP contribution in [0, 0.1) is 5.92 Å². The van der Waals surface area contributed by atoms with Crippen molar-refractivity contribution < 1.29 is 0 Å². The molecule has 0 aromatic carbocycles. The van der Waals surface area contributed by atoms with E-state index in [4.69, 9.17) is 17.3 Å². The molecule has 2 rings (SSSR count). The fourth-order valence-corrected chi connectivity index (χ4v) is 3.03. The Labute approximate surface area is 112 Å². The molecule has 1 aromatic heterocycles. The van der Waals surface area contributed by atoms with Gasteiger partial charge in [-0.3, -0.25) is 4.79 Å². The lowest BCUT2D eigenvalue weighted by molar-refractivity contribution is 0.473. The van der Waals surface area contributed by atoms with Crippen LogP contribution < -0.4 is 16.2 Å². The van der Waals surface area contributed by atoms with Crippen LogP contribution in [0.15, 0.2) is 11.0 Å². The van der Waals surface area contributed by atoms with Crippen molar-refractivity contribution in [2.24, 2.45) is 18.7 Å². The van der Waals surface area contributed by atoms with Crippen molar-refractivity contribution in [1.82, 2.24) is 9.78 Å². The van der Waals surface area contributed by atoms with Gasteiger partial charge in [0.1, 0.15) is 5.02 Å². The van der Waals surface area contributed by atoms with Crippen LogP contribution in [0.3, 0.4) is 0 Å². The molecule has 1 fully saturated rings. The molecular formula is C12H19ClN4O. The first-order valence-corrected chi connectivity index (χ1v) is 6.58. The first kappa shape index (κ1) is 13.4. The fraction of sp³-hybridized carbons (Fsp3) is 0.667. The number of rotatable bonds is 3. The van der Waals surface area contributed by atoms with Crippen molar-refractivity contribution >= 4 is 17.3 Å². The molecule has 1 aliphatic carbocycles. The Morgan fingerprint density at radius 2 is 2.33 bits per heavy atom. The molecule has 0 amide bonds. The van der Waals surface area contributed by atoms with Crippen molar-refractivity contribution in [2.45, 2.75) is 25.3 Å². The van der Waals surface area contributed by atoms with E-state index in [0.29, 0.717) is 24.2 Å². The molecule has 0 radical (unpaired) electrons. The molecule has 100 valence electrons.